The maximum atomic E-state index is 12.2. The lowest BCUT2D eigenvalue weighted by Crippen LogP contribution is -2.14. The van der Waals surface area contributed by atoms with Gasteiger partial charge in [0.2, 0.25) is 0 Å². The van der Waals surface area contributed by atoms with Gasteiger partial charge in [0, 0.05) is 21.3 Å². The van der Waals surface area contributed by atoms with Gasteiger partial charge in [0.25, 0.3) is 5.91 Å². The van der Waals surface area contributed by atoms with Crippen LogP contribution in [0.1, 0.15) is 25.8 Å². The highest BCUT2D eigenvalue weighted by atomic mass is 79.9. The zero-order valence-electron chi connectivity index (χ0n) is 12.9. The molecule has 0 bridgehead atoms. The van der Waals surface area contributed by atoms with Gasteiger partial charge in [-0.25, -0.2) is 0 Å². The summed E-state index contributed by atoms with van der Waals surface area (Å²) in [6.45, 7) is 7.58. The average molecular weight is 362 g/mol. The molecule has 0 saturated carbocycles. The number of allylic oxidation sites excluding steroid dienone is 3. The summed E-state index contributed by atoms with van der Waals surface area (Å²) in [4.78, 5) is 22.9. The summed E-state index contributed by atoms with van der Waals surface area (Å²) in [6.07, 6.45) is 7.36. The molecule has 0 heterocycles. The predicted molar refractivity (Wildman–Crippen MR) is 94.9 cm³/mol. The van der Waals surface area contributed by atoms with Crippen LogP contribution in [-0.4, -0.2) is 12.2 Å². The quantitative estimate of drug-likeness (QED) is 0.438. The van der Waals surface area contributed by atoms with E-state index in [9.17, 15) is 9.59 Å². The van der Waals surface area contributed by atoms with Gasteiger partial charge in [-0.2, -0.15) is 0 Å². The van der Waals surface area contributed by atoms with Gasteiger partial charge in [0.05, 0.1) is 0 Å². The Morgan fingerprint density at radius 2 is 2.09 bits per heavy atom. The van der Waals surface area contributed by atoms with E-state index in [0.717, 1.165) is 34.9 Å². The number of amides is 1. The average Bonchev–Trinajstić information content (AvgIpc) is 2.51. The summed E-state index contributed by atoms with van der Waals surface area (Å²) in [5, 5.41) is 2.87. The van der Waals surface area contributed by atoms with Gasteiger partial charge in [0.1, 0.15) is 6.29 Å². The van der Waals surface area contributed by atoms with Gasteiger partial charge in [-0.3, -0.25) is 9.59 Å². The molecule has 1 aromatic rings. The van der Waals surface area contributed by atoms with Crippen LogP contribution < -0.4 is 5.32 Å². The van der Waals surface area contributed by atoms with Crippen molar-refractivity contribution in [2.45, 2.75) is 26.7 Å². The number of nitrogens with one attached hydrogen (secondary N) is 1. The molecule has 0 aliphatic rings. The van der Waals surface area contributed by atoms with E-state index in [-0.39, 0.29) is 5.91 Å². The molecular weight excluding hydrogens is 342 g/mol. The molecule has 4 heteroatoms. The molecule has 22 heavy (non-hydrogen) atoms. The molecule has 1 amide bonds. The number of anilines is 1. The van der Waals surface area contributed by atoms with Crippen molar-refractivity contribution in [3.8, 4) is 0 Å². The van der Waals surface area contributed by atoms with Crippen molar-refractivity contribution in [1.29, 1.82) is 0 Å². The molecule has 3 nitrogen and oxygen atoms in total. The summed E-state index contributed by atoms with van der Waals surface area (Å²) in [5.74, 6) is -0.284. The predicted octanol–water partition coefficient (Wildman–Crippen LogP) is 4.60. The molecule has 0 aromatic heterocycles. The highest BCUT2D eigenvalue weighted by molar-refractivity contribution is 9.10. The number of hydrogen-bond donors (Lipinski definition) is 1. The summed E-state index contributed by atoms with van der Waals surface area (Å²) >= 11 is 3.51. The lowest BCUT2D eigenvalue weighted by Gasteiger charge is -2.12. The monoisotopic (exact) mass is 361 g/mol. The van der Waals surface area contributed by atoms with Crippen LogP contribution in [0.25, 0.3) is 0 Å². The van der Waals surface area contributed by atoms with Crippen LogP contribution in [0, 0.1) is 0 Å². The van der Waals surface area contributed by atoms with Gasteiger partial charge in [-0.15, -0.1) is 0 Å². The minimum atomic E-state index is -0.284. The fourth-order valence-electron chi connectivity index (χ4n) is 1.86. The second-order valence-corrected chi connectivity index (χ2v) is 5.59. The molecule has 1 N–H and O–H groups in total. The van der Waals surface area contributed by atoms with E-state index in [2.05, 4.69) is 34.7 Å². The van der Waals surface area contributed by atoms with E-state index in [0.29, 0.717) is 11.1 Å². The van der Waals surface area contributed by atoms with Crippen molar-refractivity contribution in [1.82, 2.24) is 0 Å². The third-order valence-corrected chi connectivity index (χ3v) is 3.85. The minimum absolute atomic E-state index is 0.284. The lowest BCUT2D eigenvalue weighted by molar-refractivity contribution is -0.112. The number of aldehydes is 1. The zero-order valence-corrected chi connectivity index (χ0v) is 14.4. The number of halogens is 1. The van der Waals surface area contributed by atoms with Crippen LogP contribution in [-0.2, 0) is 16.0 Å². The Bertz CT molecular complexity index is 630. The first-order valence-electron chi connectivity index (χ1n) is 7.10. The minimum Gasteiger partial charge on any atom is -0.322 e. The Kier molecular flexibility index (Phi) is 7.54. The van der Waals surface area contributed by atoms with Crippen LogP contribution in [0.5, 0.6) is 0 Å². The molecule has 1 rings (SSSR count). The number of rotatable bonds is 7. The highest BCUT2D eigenvalue weighted by Crippen LogP contribution is 2.26. The van der Waals surface area contributed by atoms with Crippen molar-refractivity contribution in [3.63, 3.8) is 0 Å². The van der Waals surface area contributed by atoms with Crippen molar-refractivity contribution >= 4 is 33.8 Å². The first kappa shape index (κ1) is 18.1. The molecule has 0 radical (unpaired) electrons. The number of hydrogen-bond acceptors (Lipinski definition) is 2. The largest absolute Gasteiger partial charge is 0.322 e. The first-order valence-corrected chi connectivity index (χ1v) is 7.90. The molecule has 116 valence electrons. The lowest BCUT2D eigenvalue weighted by atomic mass is 10.1. The van der Waals surface area contributed by atoms with Gasteiger partial charge < -0.3 is 5.32 Å². The van der Waals surface area contributed by atoms with Crippen LogP contribution in [0.3, 0.4) is 0 Å². The Labute approximate surface area is 139 Å². The van der Waals surface area contributed by atoms with Crippen molar-refractivity contribution in [3.05, 3.63) is 64.2 Å². The van der Waals surface area contributed by atoms with Crippen molar-refractivity contribution in [2.75, 3.05) is 5.32 Å². The second-order valence-electron chi connectivity index (χ2n) is 4.74. The molecule has 0 unspecified atom stereocenters. The fraction of sp³-hybridized carbons (Fsp3) is 0.222. The number of benzene rings is 1. The normalized spacial score (nSPS) is 11.5. The summed E-state index contributed by atoms with van der Waals surface area (Å²) in [5.41, 5.74) is 2.64. The molecule has 0 saturated heterocycles. The highest BCUT2D eigenvalue weighted by Gasteiger charge is 2.10. The van der Waals surface area contributed by atoms with E-state index < -0.39 is 0 Å². The Hall–Kier alpha value is -1.94. The van der Waals surface area contributed by atoms with E-state index in [4.69, 9.17) is 0 Å². The Morgan fingerprint density at radius 3 is 2.68 bits per heavy atom. The Balaban J connectivity index is 2.87. The molecule has 0 aliphatic heterocycles. The van der Waals surface area contributed by atoms with E-state index in [1.165, 1.54) is 6.08 Å². The molecule has 0 atom stereocenters. The second kappa shape index (κ2) is 9.15. The summed E-state index contributed by atoms with van der Waals surface area (Å²) in [7, 11) is 0. The summed E-state index contributed by atoms with van der Waals surface area (Å²) < 4.78 is 0.977. The first-order chi connectivity index (χ1) is 10.5. The standard InChI is InChI=1S/C18H20BrNO2/c1-4-7-15-16(19)8-6-9-17(15)20-18(22)13(3)10-11-14(5-2)12-21/h5-6,8-12H,3-4,7H2,1-2H3,(H,20,22)/b11-10-,14-5+. The summed E-state index contributed by atoms with van der Waals surface area (Å²) in [6, 6.07) is 5.70. The molecular formula is C18H20BrNO2. The zero-order chi connectivity index (χ0) is 16.5. The SMILES string of the molecule is C=C(/C=C\C(C=O)=C/C)C(=O)Nc1cccc(Br)c1CCC. The molecule has 1 aromatic carbocycles. The van der Waals surface area contributed by atoms with Crippen LogP contribution >= 0.6 is 15.9 Å². The fourth-order valence-corrected chi connectivity index (χ4v) is 2.42. The third kappa shape index (κ3) is 5.11. The van der Waals surface area contributed by atoms with E-state index in [1.54, 1.807) is 19.1 Å². The molecule has 0 fully saturated rings. The van der Waals surface area contributed by atoms with Crippen LogP contribution in [0.2, 0.25) is 0 Å². The number of carbonyl (C=O) groups is 2. The Morgan fingerprint density at radius 1 is 1.36 bits per heavy atom. The van der Waals surface area contributed by atoms with Gasteiger partial charge >= 0.3 is 0 Å². The van der Waals surface area contributed by atoms with Gasteiger partial charge in [-0.05, 0) is 37.1 Å². The van der Waals surface area contributed by atoms with Gasteiger partial charge in [0.15, 0.2) is 0 Å². The van der Waals surface area contributed by atoms with Crippen molar-refractivity contribution in [2.24, 2.45) is 0 Å². The molecule has 0 aliphatic carbocycles. The van der Waals surface area contributed by atoms with E-state index in [1.807, 2.05) is 18.2 Å². The van der Waals surface area contributed by atoms with E-state index >= 15 is 0 Å². The van der Waals surface area contributed by atoms with Gasteiger partial charge in [-0.1, -0.05) is 54.1 Å². The van der Waals surface area contributed by atoms with Crippen LogP contribution in [0.15, 0.2) is 58.6 Å². The maximum Gasteiger partial charge on any atom is 0.255 e. The third-order valence-electron chi connectivity index (χ3n) is 3.11. The topological polar surface area (TPSA) is 46.2 Å². The van der Waals surface area contributed by atoms with Crippen LogP contribution in [0.4, 0.5) is 5.69 Å². The maximum absolute atomic E-state index is 12.2. The van der Waals surface area contributed by atoms with Crippen molar-refractivity contribution < 1.29 is 9.59 Å². The molecule has 0 spiro atoms. The smallest absolute Gasteiger partial charge is 0.255 e. The number of carbonyl (C=O) groups excluding carboxylic acids is 2.